The number of nitrogens with zero attached hydrogens (tertiary/aromatic N) is 1. The summed E-state index contributed by atoms with van der Waals surface area (Å²) in [5, 5.41) is 15.6. The number of hydrogen-bond acceptors (Lipinski definition) is 6. The van der Waals surface area contributed by atoms with Crippen LogP contribution < -0.4 is 0 Å². The van der Waals surface area contributed by atoms with Crippen molar-refractivity contribution in [2.75, 3.05) is 13.2 Å². The molecule has 0 saturated carbocycles. The molecule has 0 rings (SSSR count). The normalized spacial score (nSPS) is 9.00. The van der Waals surface area contributed by atoms with Crippen molar-refractivity contribution < 1.29 is 19.5 Å². The van der Waals surface area contributed by atoms with Crippen molar-refractivity contribution in [3.05, 3.63) is 10.1 Å². The fourth-order valence-corrected chi connectivity index (χ4v) is 0.535. The van der Waals surface area contributed by atoms with Crippen LogP contribution in [-0.4, -0.2) is 30.0 Å². The van der Waals surface area contributed by atoms with Crippen LogP contribution in [0.4, 0.5) is 0 Å². The molecule has 0 aromatic carbocycles. The van der Waals surface area contributed by atoms with Crippen LogP contribution in [0.15, 0.2) is 0 Å². The zero-order chi connectivity index (χ0) is 10.3. The second-order valence-electron chi connectivity index (χ2n) is 2.23. The van der Waals surface area contributed by atoms with E-state index in [2.05, 4.69) is 9.57 Å². The molecule has 0 bridgehead atoms. The van der Waals surface area contributed by atoms with Crippen molar-refractivity contribution in [2.24, 2.45) is 0 Å². The molecule has 0 radical (unpaired) electrons. The maximum atomic E-state index is 10.7. The highest BCUT2D eigenvalue weighted by atomic mass is 17.0. The van der Waals surface area contributed by atoms with E-state index in [9.17, 15) is 14.9 Å². The Labute approximate surface area is 74.2 Å². The largest absolute Gasteiger partial charge is 0.463 e. The van der Waals surface area contributed by atoms with Crippen molar-refractivity contribution in [3.63, 3.8) is 0 Å². The van der Waals surface area contributed by atoms with Crippen molar-refractivity contribution in [1.29, 1.82) is 5.41 Å². The summed E-state index contributed by atoms with van der Waals surface area (Å²) in [6.07, 6.45) is -0.0987. The SMILES string of the molecule is CC(=N)CC(=O)OCCO[N+](=O)[O-]. The third kappa shape index (κ3) is 8.24. The maximum Gasteiger partial charge on any atom is 0.311 e. The molecule has 0 spiro atoms. The first-order valence-electron chi connectivity index (χ1n) is 3.49. The highest BCUT2D eigenvalue weighted by Crippen LogP contribution is 1.88. The molecular weight excluding hydrogens is 180 g/mol. The number of esters is 1. The smallest absolute Gasteiger partial charge is 0.311 e. The Hall–Kier alpha value is -1.66. The highest BCUT2D eigenvalue weighted by Gasteiger charge is 2.03. The van der Waals surface area contributed by atoms with Gasteiger partial charge in [-0.1, -0.05) is 0 Å². The van der Waals surface area contributed by atoms with Crippen molar-refractivity contribution in [1.82, 2.24) is 0 Å². The van der Waals surface area contributed by atoms with Gasteiger partial charge in [0.1, 0.15) is 13.2 Å². The van der Waals surface area contributed by atoms with Crippen LogP contribution in [0.5, 0.6) is 0 Å². The summed E-state index contributed by atoms with van der Waals surface area (Å²) >= 11 is 0. The van der Waals surface area contributed by atoms with E-state index in [0.717, 1.165) is 0 Å². The van der Waals surface area contributed by atoms with Gasteiger partial charge in [0.15, 0.2) is 0 Å². The second-order valence-corrected chi connectivity index (χ2v) is 2.23. The summed E-state index contributed by atoms with van der Waals surface area (Å²) in [6, 6.07) is 0. The van der Waals surface area contributed by atoms with Gasteiger partial charge in [-0.25, -0.2) is 0 Å². The molecule has 0 aliphatic heterocycles. The fraction of sp³-hybridized carbons (Fsp3) is 0.667. The van der Waals surface area contributed by atoms with Crippen LogP contribution in [-0.2, 0) is 14.4 Å². The maximum absolute atomic E-state index is 10.7. The zero-order valence-corrected chi connectivity index (χ0v) is 7.11. The summed E-state index contributed by atoms with van der Waals surface area (Å²) in [5.74, 6) is -0.584. The predicted octanol–water partition coefficient (Wildman–Crippen LogP) is 0.168. The van der Waals surface area contributed by atoms with Crippen LogP contribution in [0.1, 0.15) is 13.3 Å². The Kier molecular flexibility index (Phi) is 5.17. The van der Waals surface area contributed by atoms with Gasteiger partial charge in [0.2, 0.25) is 0 Å². The number of carbonyl (C=O) groups is 1. The molecule has 1 N–H and O–H groups in total. The summed E-state index contributed by atoms with van der Waals surface area (Å²) in [7, 11) is 0. The average molecular weight is 190 g/mol. The summed E-state index contributed by atoms with van der Waals surface area (Å²) < 4.78 is 4.49. The van der Waals surface area contributed by atoms with Crippen LogP contribution in [0.25, 0.3) is 0 Å². The first kappa shape index (κ1) is 11.3. The molecule has 74 valence electrons. The molecule has 0 atom stereocenters. The van der Waals surface area contributed by atoms with E-state index in [1.807, 2.05) is 0 Å². The van der Waals surface area contributed by atoms with E-state index < -0.39 is 11.1 Å². The first-order chi connectivity index (χ1) is 6.02. The van der Waals surface area contributed by atoms with Gasteiger partial charge in [0, 0.05) is 5.71 Å². The monoisotopic (exact) mass is 190 g/mol. The number of carbonyl (C=O) groups excluding carboxylic acids is 1. The van der Waals surface area contributed by atoms with Crippen LogP contribution in [0.2, 0.25) is 0 Å². The standard InChI is InChI=1S/C6H10N2O5/c1-5(7)4-6(9)12-2-3-13-8(10)11/h7H,2-4H2,1H3. The molecule has 0 fully saturated rings. The van der Waals surface area contributed by atoms with E-state index in [1.165, 1.54) is 6.92 Å². The molecule has 0 heterocycles. The van der Waals surface area contributed by atoms with Gasteiger partial charge in [-0.3, -0.25) is 4.79 Å². The van der Waals surface area contributed by atoms with E-state index in [0.29, 0.717) is 0 Å². The molecule has 7 nitrogen and oxygen atoms in total. The Morgan fingerprint density at radius 3 is 2.62 bits per heavy atom. The van der Waals surface area contributed by atoms with Gasteiger partial charge in [0.05, 0.1) is 6.42 Å². The van der Waals surface area contributed by atoms with E-state index in [4.69, 9.17) is 5.41 Å². The lowest BCUT2D eigenvalue weighted by molar-refractivity contribution is -0.757. The minimum atomic E-state index is -0.963. The number of ether oxygens (including phenoxy) is 1. The number of hydrogen-bond donors (Lipinski definition) is 1. The molecule has 0 aliphatic carbocycles. The fourth-order valence-electron chi connectivity index (χ4n) is 0.535. The van der Waals surface area contributed by atoms with Gasteiger partial charge in [0.25, 0.3) is 5.09 Å². The van der Waals surface area contributed by atoms with Crippen molar-refractivity contribution >= 4 is 11.7 Å². The summed E-state index contributed by atoms with van der Waals surface area (Å²) in [6.45, 7) is 1.01. The minimum absolute atomic E-state index is 0.0987. The Morgan fingerprint density at radius 2 is 2.15 bits per heavy atom. The predicted molar refractivity (Wildman–Crippen MR) is 41.9 cm³/mol. The molecule has 0 unspecified atom stereocenters. The van der Waals surface area contributed by atoms with Gasteiger partial charge in [-0.2, -0.15) is 0 Å². The Balaban J connectivity index is 3.37. The van der Waals surface area contributed by atoms with Crippen LogP contribution >= 0.6 is 0 Å². The Morgan fingerprint density at radius 1 is 1.54 bits per heavy atom. The quantitative estimate of drug-likeness (QED) is 0.211. The van der Waals surface area contributed by atoms with Crippen molar-refractivity contribution in [3.8, 4) is 0 Å². The van der Waals surface area contributed by atoms with E-state index in [-0.39, 0.29) is 25.3 Å². The van der Waals surface area contributed by atoms with Crippen molar-refractivity contribution in [2.45, 2.75) is 13.3 Å². The molecule has 7 heteroatoms. The zero-order valence-electron chi connectivity index (χ0n) is 7.11. The number of rotatable bonds is 6. The lowest BCUT2D eigenvalue weighted by atomic mass is 10.3. The van der Waals surface area contributed by atoms with E-state index >= 15 is 0 Å². The van der Waals surface area contributed by atoms with Gasteiger partial charge >= 0.3 is 5.97 Å². The van der Waals surface area contributed by atoms with Crippen LogP contribution in [0, 0.1) is 15.5 Å². The Bertz CT molecular complexity index is 215. The topological polar surface area (TPSA) is 103 Å². The minimum Gasteiger partial charge on any atom is -0.463 e. The third-order valence-corrected chi connectivity index (χ3v) is 0.953. The summed E-state index contributed by atoms with van der Waals surface area (Å²) in [4.78, 5) is 24.2. The van der Waals surface area contributed by atoms with Crippen LogP contribution in [0.3, 0.4) is 0 Å². The first-order valence-corrected chi connectivity index (χ1v) is 3.49. The second kappa shape index (κ2) is 5.92. The molecular formula is C6H10N2O5. The molecule has 0 aromatic rings. The molecule has 0 aromatic heterocycles. The lowest BCUT2D eigenvalue weighted by Gasteiger charge is -2.02. The lowest BCUT2D eigenvalue weighted by Crippen LogP contribution is -2.14. The molecule has 0 amide bonds. The molecule has 13 heavy (non-hydrogen) atoms. The van der Waals surface area contributed by atoms with E-state index in [1.54, 1.807) is 0 Å². The number of nitrogens with one attached hydrogen (secondary N) is 1. The third-order valence-electron chi connectivity index (χ3n) is 0.953. The molecule has 0 aliphatic rings. The van der Waals surface area contributed by atoms with Gasteiger partial charge in [-0.15, -0.1) is 10.1 Å². The van der Waals surface area contributed by atoms with Gasteiger partial charge in [-0.05, 0) is 6.92 Å². The summed E-state index contributed by atoms with van der Waals surface area (Å²) in [5.41, 5.74) is 0.181. The van der Waals surface area contributed by atoms with Gasteiger partial charge < -0.3 is 15.0 Å². The highest BCUT2D eigenvalue weighted by molar-refractivity contribution is 5.95. The average Bonchev–Trinajstić information content (AvgIpc) is 1.96. The molecule has 0 saturated heterocycles.